The van der Waals surface area contributed by atoms with Crippen LogP contribution in [-0.2, 0) is 0 Å². The molecular formula is C4H4N2. The van der Waals surface area contributed by atoms with Crippen molar-refractivity contribution in [2.75, 3.05) is 0 Å². The minimum Gasteiger partial charge on any atom is -0.259 e. The summed E-state index contributed by atoms with van der Waals surface area (Å²) in [5, 5.41) is 12.5. The maximum absolute atomic E-state index is 6.25. The zero-order chi connectivity index (χ0) is 4.83. The van der Waals surface area contributed by atoms with Crippen molar-refractivity contribution in [2.24, 2.45) is 0 Å². The summed E-state index contributed by atoms with van der Waals surface area (Å²) in [5.74, 6) is 3.91. The predicted molar refractivity (Wildman–Crippen MR) is 24.6 cm³/mol. The number of nitrogens with one attached hydrogen (secondary N) is 2. The Morgan fingerprint density at radius 1 is 1.00 bits per heavy atom. The van der Waals surface area contributed by atoms with Crippen LogP contribution in [0.15, 0.2) is 12.2 Å². The third-order valence-electron chi connectivity index (χ3n) is 0.250. The molecule has 0 saturated heterocycles. The third kappa shape index (κ3) is 2.90. The van der Waals surface area contributed by atoms with E-state index in [-0.39, 0.29) is 0 Å². The minimum absolute atomic E-state index is 1.30. The predicted octanol–water partition coefficient (Wildman–Crippen LogP) is 0.596. The van der Waals surface area contributed by atoms with Gasteiger partial charge in [0.1, 0.15) is 0 Å². The SMILES string of the molecule is N=C=CC=C=N. The molecule has 0 aromatic heterocycles. The van der Waals surface area contributed by atoms with E-state index in [4.69, 9.17) is 10.8 Å². The molecule has 0 saturated carbocycles. The zero-order valence-electron chi connectivity index (χ0n) is 3.15. The Balaban J connectivity index is 3.64. The van der Waals surface area contributed by atoms with Crippen LogP contribution >= 0.6 is 0 Å². The van der Waals surface area contributed by atoms with Crippen molar-refractivity contribution in [2.45, 2.75) is 0 Å². The van der Waals surface area contributed by atoms with Gasteiger partial charge in [0.25, 0.3) is 0 Å². The van der Waals surface area contributed by atoms with Gasteiger partial charge in [0, 0.05) is 12.2 Å². The minimum atomic E-state index is 1.30. The summed E-state index contributed by atoms with van der Waals surface area (Å²) in [6, 6.07) is 0. The van der Waals surface area contributed by atoms with Crippen molar-refractivity contribution in [1.82, 2.24) is 0 Å². The van der Waals surface area contributed by atoms with Crippen LogP contribution in [0, 0.1) is 10.8 Å². The van der Waals surface area contributed by atoms with Crippen LogP contribution in [0.25, 0.3) is 0 Å². The summed E-state index contributed by atoms with van der Waals surface area (Å²) in [5.41, 5.74) is 0. The molecule has 0 aliphatic carbocycles. The number of hydrogen-bond acceptors (Lipinski definition) is 2. The largest absolute Gasteiger partial charge is 0.259 e. The normalized spacial score (nSPS) is 4.67. The van der Waals surface area contributed by atoms with Gasteiger partial charge in [0.2, 0.25) is 0 Å². The first-order valence-electron chi connectivity index (χ1n) is 1.41. The van der Waals surface area contributed by atoms with Crippen molar-refractivity contribution in [1.29, 1.82) is 10.8 Å². The van der Waals surface area contributed by atoms with Crippen LogP contribution in [0.4, 0.5) is 0 Å². The molecule has 2 N–H and O–H groups in total. The van der Waals surface area contributed by atoms with Crippen LogP contribution in [0.2, 0.25) is 0 Å². The highest BCUT2D eigenvalue weighted by molar-refractivity contribution is 5.60. The highest BCUT2D eigenvalue weighted by Crippen LogP contribution is 1.51. The zero-order valence-corrected chi connectivity index (χ0v) is 3.15. The second-order valence-corrected chi connectivity index (χ2v) is 0.622. The van der Waals surface area contributed by atoms with E-state index >= 15 is 0 Å². The first kappa shape index (κ1) is 4.90. The maximum atomic E-state index is 6.25. The molecule has 2 nitrogen and oxygen atoms in total. The molecule has 0 radical (unpaired) electrons. The number of allylic oxidation sites excluding steroid dienone is 2. The molecule has 0 aliphatic rings. The number of rotatable bonds is 1. The standard InChI is InChI=1S/C4H4N2/c5-3-1-2-4-6/h1-2,5-6H. The van der Waals surface area contributed by atoms with Crippen molar-refractivity contribution < 1.29 is 0 Å². The monoisotopic (exact) mass is 80.0 g/mol. The smallest absolute Gasteiger partial charge is 0.00825 e. The Morgan fingerprint density at radius 3 is 1.50 bits per heavy atom. The van der Waals surface area contributed by atoms with Crippen LogP contribution in [-0.4, -0.2) is 11.7 Å². The van der Waals surface area contributed by atoms with Crippen LogP contribution in [0.1, 0.15) is 0 Å². The second-order valence-electron chi connectivity index (χ2n) is 0.622. The van der Waals surface area contributed by atoms with Gasteiger partial charge in [-0.25, -0.2) is 0 Å². The van der Waals surface area contributed by atoms with Crippen molar-refractivity contribution >= 4 is 11.7 Å². The van der Waals surface area contributed by atoms with E-state index in [2.05, 4.69) is 0 Å². The van der Waals surface area contributed by atoms with Gasteiger partial charge < -0.3 is 0 Å². The average molecular weight is 80.1 g/mol. The molecule has 30 valence electrons. The Bertz CT molecular complexity index is 97.5. The summed E-state index contributed by atoms with van der Waals surface area (Å²) in [4.78, 5) is 0. The molecule has 0 rings (SSSR count). The van der Waals surface area contributed by atoms with Gasteiger partial charge in [-0.05, 0) is 11.7 Å². The van der Waals surface area contributed by atoms with Crippen LogP contribution in [0.3, 0.4) is 0 Å². The molecule has 6 heavy (non-hydrogen) atoms. The van der Waals surface area contributed by atoms with E-state index in [1.165, 1.54) is 12.2 Å². The first-order valence-corrected chi connectivity index (χ1v) is 1.41. The molecule has 0 amide bonds. The highest BCUT2D eigenvalue weighted by atomic mass is 14.3. The van der Waals surface area contributed by atoms with E-state index < -0.39 is 0 Å². The average Bonchev–Trinajstić information content (AvgIpc) is 1.61. The van der Waals surface area contributed by atoms with Gasteiger partial charge in [-0.1, -0.05) is 0 Å². The topological polar surface area (TPSA) is 47.7 Å². The maximum Gasteiger partial charge on any atom is 0.00825 e. The molecular weight excluding hydrogens is 76.1 g/mol. The molecule has 0 unspecified atom stereocenters. The lowest BCUT2D eigenvalue weighted by Gasteiger charge is -1.47. The van der Waals surface area contributed by atoms with Crippen molar-refractivity contribution in [3.8, 4) is 0 Å². The van der Waals surface area contributed by atoms with Gasteiger partial charge in [0.15, 0.2) is 0 Å². The fourth-order valence-electron chi connectivity index (χ4n) is 0.0833. The third-order valence-corrected chi connectivity index (χ3v) is 0.250. The van der Waals surface area contributed by atoms with E-state index in [1.54, 1.807) is 0 Å². The van der Waals surface area contributed by atoms with Crippen LogP contribution in [0.5, 0.6) is 0 Å². The highest BCUT2D eigenvalue weighted by Gasteiger charge is 1.44. The van der Waals surface area contributed by atoms with Gasteiger partial charge in [-0.3, -0.25) is 10.8 Å². The van der Waals surface area contributed by atoms with Crippen LogP contribution < -0.4 is 0 Å². The second kappa shape index (κ2) is 3.90. The van der Waals surface area contributed by atoms with Gasteiger partial charge in [-0.15, -0.1) is 0 Å². The Morgan fingerprint density at radius 2 is 1.33 bits per heavy atom. The molecule has 0 spiro atoms. The van der Waals surface area contributed by atoms with E-state index in [0.29, 0.717) is 0 Å². The molecule has 0 bridgehead atoms. The molecule has 0 atom stereocenters. The summed E-state index contributed by atoms with van der Waals surface area (Å²) in [6.45, 7) is 0. The Hall–Kier alpha value is -1.10. The molecule has 0 heterocycles. The first-order chi connectivity index (χ1) is 2.91. The summed E-state index contributed by atoms with van der Waals surface area (Å²) in [7, 11) is 0. The van der Waals surface area contributed by atoms with Gasteiger partial charge >= 0.3 is 0 Å². The van der Waals surface area contributed by atoms with E-state index in [1.807, 2.05) is 11.7 Å². The Kier molecular flexibility index (Phi) is 3.19. The van der Waals surface area contributed by atoms with Gasteiger partial charge in [-0.2, -0.15) is 0 Å². The van der Waals surface area contributed by atoms with Crippen molar-refractivity contribution in [3.05, 3.63) is 12.2 Å². The van der Waals surface area contributed by atoms with Gasteiger partial charge in [0.05, 0.1) is 0 Å². The van der Waals surface area contributed by atoms with Crippen molar-refractivity contribution in [3.63, 3.8) is 0 Å². The lowest BCUT2D eigenvalue weighted by Crippen LogP contribution is -1.44. The summed E-state index contributed by atoms with van der Waals surface area (Å²) < 4.78 is 0. The molecule has 0 aromatic rings. The quantitative estimate of drug-likeness (QED) is 0.342. The summed E-state index contributed by atoms with van der Waals surface area (Å²) >= 11 is 0. The molecule has 2 heteroatoms. The Labute approximate surface area is 35.8 Å². The fraction of sp³-hybridized carbons (Fsp3) is 0. The fourth-order valence-corrected chi connectivity index (χ4v) is 0.0833. The van der Waals surface area contributed by atoms with E-state index in [0.717, 1.165) is 0 Å². The molecule has 0 aromatic carbocycles. The number of hydrogen-bond donors (Lipinski definition) is 2. The lowest BCUT2D eigenvalue weighted by molar-refractivity contribution is 1.58. The van der Waals surface area contributed by atoms with E-state index in [9.17, 15) is 0 Å². The summed E-state index contributed by atoms with van der Waals surface area (Å²) in [6.07, 6.45) is 2.60. The molecule has 0 aliphatic heterocycles. The molecule has 0 fully saturated rings. The lowest BCUT2D eigenvalue weighted by atomic mass is 10.6.